The Labute approximate surface area is 188 Å². The van der Waals surface area contributed by atoms with Crippen molar-refractivity contribution in [2.24, 2.45) is 0 Å². The highest BCUT2D eigenvalue weighted by Gasteiger charge is 2.40. The lowest BCUT2D eigenvalue weighted by atomic mass is 9.94. The number of aromatic nitrogens is 2. The van der Waals surface area contributed by atoms with Crippen molar-refractivity contribution in [2.75, 3.05) is 44.7 Å². The molecule has 178 valence electrons. The molecule has 0 amide bonds. The normalized spacial score (nSPS) is 16.8. The fourth-order valence-corrected chi connectivity index (χ4v) is 4.39. The number of alkyl halides is 4. The van der Waals surface area contributed by atoms with Gasteiger partial charge in [-0.3, -0.25) is 14.3 Å². The number of aromatic amines is 1. The fourth-order valence-electron chi connectivity index (χ4n) is 4.39. The molecule has 1 aliphatic rings. The Morgan fingerprint density at radius 1 is 1.12 bits per heavy atom. The van der Waals surface area contributed by atoms with Gasteiger partial charge in [-0.15, -0.1) is 0 Å². The van der Waals surface area contributed by atoms with Crippen LogP contribution < -0.4 is 10.6 Å². The van der Waals surface area contributed by atoms with E-state index in [2.05, 4.69) is 20.6 Å². The van der Waals surface area contributed by atoms with Crippen LogP contribution in [0.4, 0.5) is 27.6 Å². The van der Waals surface area contributed by atoms with Crippen molar-refractivity contribution in [1.29, 1.82) is 0 Å². The summed E-state index contributed by atoms with van der Waals surface area (Å²) in [6.07, 6.45) is -2.20. The maximum Gasteiger partial charge on any atom is 0.401 e. The van der Waals surface area contributed by atoms with Gasteiger partial charge in [0.25, 0.3) is 0 Å². The molecule has 10 heteroatoms. The van der Waals surface area contributed by atoms with Gasteiger partial charge in [-0.2, -0.15) is 13.2 Å². The van der Waals surface area contributed by atoms with Crippen LogP contribution in [0.15, 0.2) is 36.5 Å². The number of hydrogen-bond donors (Lipinski definition) is 3. The average molecular weight is 467 g/mol. The van der Waals surface area contributed by atoms with Crippen LogP contribution in [-0.4, -0.2) is 60.4 Å². The lowest BCUT2D eigenvalue weighted by Crippen LogP contribution is -2.42. The van der Waals surface area contributed by atoms with Gasteiger partial charge in [-0.1, -0.05) is 18.2 Å². The number of fused-ring (bicyclic) bond motifs is 3. The van der Waals surface area contributed by atoms with Gasteiger partial charge in [0.1, 0.15) is 5.69 Å². The van der Waals surface area contributed by atoms with Crippen molar-refractivity contribution in [3.63, 3.8) is 0 Å². The minimum Gasteiger partial charge on any atom is -0.381 e. The molecule has 0 aliphatic carbocycles. The van der Waals surface area contributed by atoms with Crippen molar-refractivity contribution < 1.29 is 22.0 Å². The molecule has 1 aliphatic heterocycles. The Bertz CT molecular complexity index is 1080. The third kappa shape index (κ3) is 5.27. The molecule has 3 heterocycles. The third-order valence-electron chi connectivity index (χ3n) is 5.80. The predicted molar refractivity (Wildman–Crippen MR) is 118 cm³/mol. The SMILES string of the molecule is FCCCNCCNc1ccnc([C@@H]2c3[nH]c4ccccc4c3CCN2CC(F)(F)F)c1F. The average Bonchev–Trinajstić information content (AvgIpc) is 3.15. The first-order valence-electron chi connectivity index (χ1n) is 10.9. The summed E-state index contributed by atoms with van der Waals surface area (Å²) in [7, 11) is 0. The van der Waals surface area contributed by atoms with Crippen LogP contribution in [0.3, 0.4) is 0 Å². The minimum absolute atomic E-state index is 0.0536. The van der Waals surface area contributed by atoms with E-state index in [4.69, 9.17) is 0 Å². The first kappa shape index (κ1) is 23.4. The molecule has 0 fully saturated rings. The van der Waals surface area contributed by atoms with E-state index in [0.29, 0.717) is 38.2 Å². The van der Waals surface area contributed by atoms with Crippen LogP contribution >= 0.6 is 0 Å². The molecular formula is C23H26F5N5. The van der Waals surface area contributed by atoms with Gasteiger partial charge in [0.2, 0.25) is 0 Å². The van der Waals surface area contributed by atoms with E-state index in [1.54, 1.807) is 0 Å². The maximum atomic E-state index is 15.5. The molecule has 0 bridgehead atoms. The fraction of sp³-hybridized carbons (Fsp3) is 0.435. The summed E-state index contributed by atoms with van der Waals surface area (Å²) in [6, 6.07) is 7.96. The van der Waals surface area contributed by atoms with Crippen LogP contribution in [0.1, 0.15) is 29.4 Å². The maximum absolute atomic E-state index is 15.5. The summed E-state index contributed by atoms with van der Waals surface area (Å²) < 4.78 is 67.8. The van der Waals surface area contributed by atoms with Gasteiger partial charge in [0.15, 0.2) is 5.82 Å². The summed E-state index contributed by atoms with van der Waals surface area (Å²) in [5, 5.41) is 6.93. The van der Waals surface area contributed by atoms with Crippen LogP contribution in [0.25, 0.3) is 10.9 Å². The van der Waals surface area contributed by atoms with Gasteiger partial charge < -0.3 is 15.6 Å². The summed E-state index contributed by atoms with van der Waals surface area (Å²) >= 11 is 0. The first-order valence-corrected chi connectivity index (χ1v) is 10.9. The van der Waals surface area contributed by atoms with Crippen LogP contribution in [-0.2, 0) is 6.42 Å². The number of hydrogen-bond acceptors (Lipinski definition) is 4. The van der Waals surface area contributed by atoms with Gasteiger partial charge in [-0.25, -0.2) is 4.39 Å². The summed E-state index contributed by atoms with van der Waals surface area (Å²) in [4.78, 5) is 8.63. The number of nitrogens with zero attached hydrogens (tertiary/aromatic N) is 2. The van der Waals surface area contributed by atoms with Crippen LogP contribution in [0, 0.1) is 5.82 Å². The smallest absolute Gasteiger partial charge is 0.381 e. The van der Waals surface area contributed by atoms with E-state index >= 15 is 4.39 Å². The zero-order chi connectivity index (χ0) is 23.4. The number of H-pyrrole nitrogens is 1. The van der Waals surface area contributed by atoms with Crippen molar-refractivity contribution in [3.8, 4) is 0 Å². The Morgan fingerprint density at radius 2 is 1.94 bits per heavy atom. The molecule has 0 saturated heterocycles. The topological polar surface area (TPSA) is 56.0 Å². The minimum atomic E-state index is -4.43. The van der Waals surface area contributed by atoms with Gasteiger partial charge in [-0.05, 0) is 37.1 Å². The highest BCUT2D eigenvalue weighted by molar-refractivity contribution is 5.85. The Morgan fingerprint density at radius 3 is 2.73 bits per heavy atom. The largest absolute Gasteiger partial charge is 0.401 e. The lowest BCUT2D eigenvalue weighted by Gasteiger charge is -2.36. The monoisotopic (exact) mass is 467 g/mol. The number of para-hydroxylation sites is 1. The number of benzene rings is 1. The molecule has 2 aromatic heterocycles. The Balaban J connectivity index is 1.66. The third-order valence-corrected chi connectivity index (χ3v) is 5.80. The molecule has 0 radical (unpaired) electrons. The molecule has 0 saturated carbocycles. The molecule has 3 N–H and O–H groups in total. The molecular weight excluding hydrogens is 441 g/mol. The molecule has 0 unspecified atom stereocenters. The quantitative estimate of drug-likeness (QED) is 0.319. The predicted octanol–water partition coefficient (Wildman–Crippen LogP) is 4.57. The van der Waals surface area contributed by atoms with Crippen molar-refractivity contribution >= 4 is 16.6 Å². The van der Waals surface area contributed by atoms with Crippen molar-refractivity contribution in [3.05, 3.63) is 59.3 Å². The van der Waals surface area contributed by atoms with E-state index < -0.39 is 31.3 Å². The number of pyridine rings is 1. The zero-order valence-corrected chi connectivity index (χ0v) is 18.0. The summed E-state index contributed by atoms with van der Waals surface area (Å²) in [5.41, 5.74) is 2.36. The van der Waals surface area contributed by atoms with Gasteiger partial charge in [0, 0.05) is 42.4 Å². The second kappa shape index (κ2) is 10.0. The molecule has 1 atom stereocenters. The Hall–Kier alpha value is -2.72. The first-order chi connectivity index (χ1) is 15.9. The number of anilines is 1. The van der Waals surface area contributed by atoms with Crippen LogP contribution in [0.2, 0.25) is 0 Å². The Kier molecular flexibility index (Phi) is 7.14. The van der Waals surface area contributed by atoms with Crippen LogP contribution in [0.5, 0.6) is 0 Å². The van der Waals surface area contributed by atoms with Crippen molar-refractivity contribution in [1.82, 2.24) is 20.2 Å². The standard InChI is InChI=1S/C23H26F5N5/c24-8-3-9-29-11-12-30-18-6-10-31-21(19(18)25)22-20-16(7-13-33(22)14-23(26,27)28)15-4-1-2-5-17(15)32-20/h1-2,4-6,10,22,29,32H,3,7-9,11-14H2,(H,30,31)/t22-/m0/s1. The zero-order valence-electron chi connectivity index (χ0n) is 18.0. The highest BCUT2D eigenvalue weighted by atomic mass is 19.4. The molecule has 33 heavy (non-hydrogen) atoms. The van der Waals surface area contributed by atoms with Crippen molar-refractivity contribution in [2.45, 2.75) is 25.1 Å². The molecule has 4 rings (SSSR count). The van der Waals surface area contributed by atoms with E-state index in [-0.39, 0.29) is 17.9 Å². The number of nitrogens with one attached hydrogen (secondary N) is 3. The molecule has 1 aromatic carbocycles. The van der Waals surface area contributed by atoms with Gasteiger partial charge in [0.05, 0.1) is 24.9 Å². The van der Waals surface area contributed by atoms with E-state index in [1.165, 1.54) is 17.2 Å². The molecule has 5 nitrogen and oxygen atoms in total. The number of rotatable bonds is 9. The highest BCUT2D eigenvalue weighted by Crippen LogP contribution is 2.40. The molecule has 3 aromatic rings. The number of halogens is 5. The second-order valence-corrected chi connectivity index (χ2v) is 8.08. The van der Waals surface area contributed by atoms with E-state index in [1.807, 2.05) is 24.3 Å². The van der Waals surface area contributed by atoms with Gasteiger partial charge >= 0.3 is 6.18 Å². The summed E-state index contributed by atoms with van der Waals surface area (Å²) in [6.45, 7) is -0.0532. The lowest BCUT2D eigenvalue weighted by molar-refractivity contribution is -0.150. The van der Waals surface area contributed by atoms with E-state index in [9.17, 15) is 17.6 Å². The summed E-state index contributed by atoms with van der Waals surface area (Å²) in [5.74, 6) is -0.676. The molecule has 0 spiro atoms. The van der Waals surface area contributed by atoms with E-state index in [0.717, 1.165) is 16.5 Å². The second-order valence-electron chi connectivity index (χ2n) is 8.08.